The van der Waals surface area contributed by atoms with Crippen LogP contribution in [-0.4, -0.2) is 40.2 Å². The molecule has 0 aliphatic rings. The van der Waals surface area contributed by atoms with Gasteiger partial charge in [-0.25, -0.2) is 4.79 Å². The molecule has 2 aromatic rings. The van der Waals surface area contributed by atoms with Crippen LogP contribution in [0.5, 0.6) is 0 Å². The molecule has 0 saturated carbocycles. The summed E-state index contributed by atoms with van der Waals surface area (Å²) < 4.78 is 6.48. The maximum atomic E-state index is 11.9. The van der Waals surface area contributed by atoms with Crippen LogP contribution < -0.4 is 0 Å². The minimum Gasteiger partial charge on any atom is -0.452 e. The van der Waals surface area contributed by atoms with Crippen molar-refractivity contribution in [2.24, 2.45) is 7.05 Å². The predicted octanol–water partition coefficient (Wildman–Crippen LogP) is 1.24. The van der Waals surface area contributed by atoms with Gasteiger partial charge < -0.3 is 9.64 Å². The van der Waals surface area contributed by atoms with Gasteiger partial charge in [-0.2, -0.15) is 5.10 Å². The Morgan fingerprint density at radius 2 is 2.00 bits per heavy atom. The number of carbonyl (C=O) groups excluding carboxylic acids is 2. The van der Waals surface area contributed by atoms with E-state index in [1.54, 1.807) is 20.3 Å². The van der Waals surface area contributed by atoms with Gasteiger partial charge in [-0.15, -0.1) is 0 Å². The monoisotopic (exact) mass is 287 g/mol. The summed E-state index contributed by atoms with van der Waals surface area (Å²) in [4.78, 5) is 25.1. The van der Waals surface area contributed by atoms with E-state index in [1.807, 2.05) is 30.3 Å². The van der Waals surface area contributed by atoms with Crippen molar-refractivity contribution in [3.8, 4) is 0 Å². The highest BCUT2D eigenvalue weighted by molar-refractivity contribution is 5.90. The number of benzene rings is 1. The lowest BCUT2D eigenvalue weighted by atomic mass is 10.2. The fraction of sp³-hybridized carbons (Fsp3) is 0.267. The predicted molar refractivity (Wildman–Crippen MR) is 76.4 cm³/mol. The normalized spacial score (nSPS) is 10.2. The molecule has 6 nitrogen and oxygen atoms in total. The van der Waals surface area contributed by atoms with E-state index in [1.165, 1.54) is 15.8 Å². The van der Waals surface area contributed by atoms with Crippen LogP contribution in [0.4, 0.5) is 0 Å². The third kappa shape index (κ3) is 4.17. The number of aryl methyl sites for hydroxylation is 1. The minimum atomic E-state index is -0.551. The van der Waals surface area contributed by atoms with E-state index in [9.17, 15) is 9.59 Å². The van der Waals surface area contributed by atoms with Crippen LogP contribution in [-0.2, 0) is 23.1 Å². The Bertz CT molecular complexity index is 622. The molecule has 6 heteroatoms. The third-order valence-corrected chi connectivity index (χ3v) is 2.96. The van der Waals surface area contributed by atoms with Crippen molar-refractivity contribution in [1.82, 2.24) is 14.7 Å². The largest absolute Gasteiger partial charge is 0.452 e. The van der Waals surface area contributed by atoms with Gasteiger partial charge in [0.25, 0.3) is 5.91 Å². The SMILES string of the molecule is CN(Cc1ccccc1)C(=O)COC(=O)c1cnn(C)c1. The molecule has 0 spiro atoms. The van der Waals surface area contributed by atoms with E-state index in [2.05, 4.69) is 5.10 Å². The lowest BCUT2D eigenvalue weighted by Crippen LogP contribution is -2.30. The summed E-state index contributed by atoms with van der Waals surface area (Å²) >= 11 is 0. The van der Waals surface area contributed by atoms with Crippen LogP contribution in [0.2, 0.25) is 0 Å². The molecule has 0 aliphatic heterocycles. The second-order valence-electron chi connectivity index (χ2n) is 4.71. The molecule has 1 aromatic heterocycles. The van der Waals surface area contributed by atoms with Crippen molar-refractivity contribution in [2.45, 2.75) is 6.54 Å². The highest BCUT2D eigenvalue weighted by atomic mass is 16.5. The third-order valence-electron chi connectivity index (χ3n) is 2.96. The molecule has 1 aromatic carbocycles. The summed E-state index contributed by atoms with van der Waals surface area (Å²) in [5.41, 5.74) is 1.35. The summed E-state index contributed by atoms with van der Waals surface area (Å²) in [5, 5.41) is 3.88. The number of aromatic nitrogens is 2. The molecule has 0 bridgehead atoms. The molecule has 0 fully saturated rings. The average molecular weight is 287 g/mol. The van der Waals surface area contributed by atoms with Crippen LogP contribution in [0.15, 0.2) is 42.7 Å². The summed E-state index contributed by atoms with van der Waals surface area (Å²) in [5.74, 6) is -0.805. The van der Waals surface area contributed by atoms with Crippen molar-refractivity contribution < 1.29 is 14.3 Å². The number of ether oxygens (including phenoxy) is 1. The van der Waals surface area contributed by atoms with E-state index in [0.717, 1.165) is 5.56 Å². The van der Waals surface area contributed by atoms with Crippen LogP contribution in [0.1, 0.15) is 15.9 Å². The number of nitrogens with zero attached hydrogens (tertiary/aromatic N) is 3. The van der Waals surface area contributed by atoms with E-state index in [0.29, 0.717) is 12.1 Å². The van der Waals surface area contributed by atoms with Gasteiger partial charge in [0.15, 0.2) is 6.61 Å². The lowest BCUT2D eigenvalue weighted by Gasteiger charge is -2.17. The van der Waals surface area contributed by atoms with Crippen LogP contribution in [0.25, 0.3) is 0 Å². The Kier molecular flexibility index (Phi) is 4.71. The Balaban J connectivity index is 1.82. The summed E-state index contributed by atoms with van der Waals surface area (Å²) in [7, 11) is 3.38. The Hall–Kier alpha value is -2.63. The smallest absolute Gasteiger partial charge is 0.341 e. The second kappa shape index (κ2) is 6.69. The van der Waals surface area contributed by atoms with Crippen molar-refractivity contribution in [2.75, 3.05) is 13.7 Å². The van der Waals surface area contributed by atoms with Gasteiger partial charge in [-0.05, 0) is 5.56 Å². The number of hydrogen-bond donors (Lipinski definition) is 0. The van der Waals surface area contributed by atoms with Gasteiger partial charge >= 0.3 is 5.97 Å². The van der Waals surface area contributed by atoms with E-state index >= 15 is 0 Å². The molecule has 0 aliphatic carbocycles. The number of rotatable bonds is 5. The van der Waals surface area contributed by atoms with Gasteiger partial charge in [-0.1, -0.05) is 30.3 Å². The highest BCUT2D eigenvalue weighted by Gasteiger charge is 2.14. The fourth-order valence-electron chi connectivity index (χ4n) is 1.79. The first-order chi connectivity index (χ1) is 10.1. The molecule has 0 N–H and O–H groups in total. The molecule has 21 heavy (non-hydrogen) atoms. The summed E-state index contributed by atoms with van der Waals surface area (Å²) in [6, 6.07) is 9.62. The van der Waals surface area contributed by atoms with Gasteiger partial charge in [0.1, 0.15) is 0 Å². The van der Waals surface area contributed by atoms with E-state index in [-0.39, 0.29) is 12.5 Å². The first-order valence-electron chi connectivity index (χ1n) is 6.50. The van der Waals surface area contributed by atoms with Crippen molar-refractivity contribution in [3.63, 3.8) is 0 Å². The topological polar surface area (TPSA) is 64.4 Å². The molecular weight excluding hydrogens is 270 g/mol. The number of amides is 1. The van der Waals surface area contributed by atoms with Gasteiger partial charge in [0.05, 0.1) is 11.8 Å². The van der Waals surface area contributed by atoms with E-state index in [4.69, 9.17) is 4.74 Å². The van der Waals surface area contributed by atoms with Crippen molar-refractivity contribution >= 4 is 11.9 Å². The number of carbonyl (C=O) groups is 2. The number of esters is 1. The highest BCUT2D eigenvalue weighted by Crippen LogP contribution is 2.04. The van der Waals surface area contributed by atoms with Gasteiger partial charge in [0, 0.05) is 26.8 Å². The first kappa shape index (κ1) is 14.8. The maximum Gasteiger partial charge on any atom is 0.341 e. The second-order valence-corrected chi connectivity index (χ2v) is 4.71. The molecule has 110 valence electrons. The van der Waals surface area contributed by atoms with E-state index < -0.39 is 5.97 Å². The average Bonchev–Trinajstić information content (AvgIpc) is 2.92. The Labute approximate surface area is 122 Å². The molecule has 0 saturated heterocycles. The summed E-state index contributed by atoms with van der Waals surface area (Å²) in [6.45, 7) is 0.196. The fourth-order valence-corrected chi connectivity index (χ4v) is 1.79. The molecule has 2 rings (SSSR count). The van der Waals surface area contributed by atoms with Gasteiger partial charge in [0.2, 0.25) is 0 Å². The Morgan fingerprint density at radius 3 is 2.62 bits per heavy atom. The van der Waals surface area contributed by atoms with Crippen LogP contribution in [0.3, 0.4) is 0 Å². The van der Waals surface area contributed by atoms with Crippen LogP contribution in [0, 0.1) is 0 Å². The molecule has 1 heterocycles. The minimum absolute atomic E-state index is 0.254. The zero-order valence-electron chi connectivity index (χ0n) is 12.0. The number of hydrogen-bond acceptors (Lipinski definition) is 4. The zero-order chi connectivity index (χ0) is 15.2. The molecule has 1 amide bonds. The molecular formula is C15H17N3O3. The maximum absolute atomic E-state index is 11.9. The summed E-state index contributed by atoms with van der Waals surface area (Å²) in [6.07, 6.45) is 2.95. The van der Waals surface area contributed by atoms with Gasteiger partial charge in [-0.3, -0.25) is 9.48 Å². The zero-order valence-corrected chi connectivity index (χ0v) is 12.0. The molecule has 0 unspecified atom stereocenters. The lowest BCUT2D eigenvalue weighted by molar-refractivity contribution is -0.133. The molecule has 0 radical (unpaired) electrons. The quantitative estimate of drug-likeness (QED) is 0.776. The molecule has 0 atom stereocenters. The van der Waals surface area contributed by atoms with Crippen LogP contribution >= 0.6 is 0 Å². The number of likely N-dealkylation sites (N-methyl/N-ethyl adjacent to an activating group) is 1. The first-order valence-corrected chi connectivity index (χ1v) is 6.50. The van der Waals surface area contributed by atoms with Crippen molar-refractivity contribution in [1.29, 1.82) is 0 Å². The standard InChI is InChI=1S/C15H17N3O3/c1-17(9-12-6-4-3-5-7-12)14(19)11-21-15(20)13-8-16-18(2)10-13/h3-8,10H,9,11H2,1-2H3. The van der Waals surface area contributed by atoms with Crippen molar-refractivity contribution in [3.05, 3.63) is 53.9 Å². The Morgan fingerprint density at radius 1 is 1.29 bits per heavy atom.